The summed E-state index contributed by atoms with van der Waals surface area (Å²) in [5, 5.41) is 18.1. The molecule has 0 saturated heterocycles. The summed E-state index contributed by atoms with van der Waals surface area (Å²) in [4.78, 5) is 0. The molecule has 0 amide bonds. The molecule has 14 heavy (non-hydrogen) atoms. The molecule has 2 aromatic heterocycles. The van der Waals surface area contributed by atoms with E-state index in [1.54, 1.807) is 10.8 Å². The number of fused-ring (bicyclic) bond motifs is 1. The van der Waals surface area contributed by atoms with Crippen LogP contribution in [0.1, 0.15) is 0 Å². The van der Waals surface area contributed by atoms with Crippen molar-refractivity contribution in [3.8, 4) is 0 Å². The van der Waals surface area contributed by atoms with Crippen LogP contribution in [-0.4, -0.2) is 39.9 Å². The van der Waals surface area contributed by atoms with Crippen molar-refractivity contribution in [2.75, 3.05) is 25.5 Å². The molecule has 0 aliphatic rings. The molecule has 0 aromatic carbocycles. The van der Waals surface area contributed by atoms with Crippen LogP contribution in [0, 0.1) is 0 Å². The van der Waals surface area contributed by atoms with Crippen molar-refractivity contribution in [3.05, 3.63) is 18.5 Å². The summed E-state index contributed by atoms with van der Waals surface area (Å²) in [6, 6.07) is 3.77. The number of nitrogens with one attached hydrogen (secondary N) is 2. The van der Waals surface area contributed by atoms with Gasteiger partial charge in [0.05, 0.1) is 0 Å². The maximum atomic E-state index is 4.26. The van der Waals surface area contributed by atoms with Gasteiger partial charge in [-0.3, -0.25) is 0 Å². The lowest BCUT2D eigenvalue weighted by molar-refractivity contribution is 0.814. The molecular formula is C8H12N6. The minimum atomic E-state index is 0.754. The monoisotopic (exact) mass is 192 g/mol. The lowest BCUT2D eigenvalue weighted by Crippen LogP contribution is -2.18. The minimum Gasteiger partial charge on any atom is -0.367 e. The molecular weight excluding hydrogens is 180 g/mol. The second-order valence-corrected chi connectivity index (χ2v) is 2.88. The van der Waals surface area contributed by atoms with Crippen molar-refractivity contribution >= 4 is 11.5 Å². The molecule has 0 bridgehead atoms. The zero-order chi connectivity index (χ0) is 9.80. The number of likely N-dealkylation sites (N-methyl/N-ethyl adjacent to an activating group) is 1. The van der Waals surface area contributed by atoms with Gasteiger partial charge in [-0.25, -0.2) is 0 Å². The number of anilines is 1. The van der Waals surface area contributed by atoms with Crippen molar-refractivity contribution in [1.29, 1.82) is 0 Å². The molecule has 0 saturated carbocycles. The predicted molar refractivity (Wildman–Crippen MR) is 53.2 cm³/mol. The Bertz CT molecular complexity index is 409. The van der Waals surface area contributed by atoms with Gasteiger partial charge < -0.3 is 10.6 Å². The molecule has 2 rings (SSSR count). The normalized spacial score (nSPS) is 10.6. The summed E-state index contributed by atoms with van der Waals surface area (Å²) >= 11 is 0. The van der Waals surface area contributed by atoms with Gasteiger partial charge in [-0.15, -0.1) is 15.3 Å². The molecule has 74 valence electrons. The van der Waals surface area contributed by atoms with Crippen molar-refractivity contribution in [2.45, 2.75) is 0 Å². The Kier molecular flexibility index (Phi) is 2.55. The highest BCUT2D eigenvalue weighted by Crippen LogP contribution is 2.02. The Hall–Kier alpha value is -1.69. The van der Waals surface area contributed by atoms with Gasteiger partial charge in [0.15, 0.2) is 5.65 Å². The van der Waals surface area contributed by atoms with E-state index in [9.17, 15) is 0 Å². The molecule has 0 atom stereocenters. The highest BCUT2D eigenvalue weighted by molar-refractivity contribution is 5.42. The van der Waals surface area contributed by atoms with Crippen LogP contribution in [0.4, 0.5) is 5.82 Å². The van der Waals surface area contributed by atoms with Crippen LogP contribution in [0.5, 0.6) is 0 Å². The first-order chi connectivity index (χ1) is 6.90. The largest absolute Gasteiger partial charge is 0.367 e. The lowest BCUT2D eigenvalue weighted by atomic mass is 10.5. The van der Waals surface area contributed by atoms with Crippen LogP contribution < -0.4 is 10.6 Å². The highest BCUT2D eigenvalue weighted by atomic mass is 15.4. The van der Waals surface area contributed by atoms with Crippen LogP contribution in [-0.2, 0) is 0 Å². The molecule has 0 unspecified atom stereocenters. The van der Waals surface area contributed by atoms with Gasteiger partial charge in [-0.2, -0.15) is 4.52 Å². The van der Waals surface area contributed by atoms with Gasteiger partial charge >= 0.3 is 0 Å². The summed E-state index contributed by atoms with van der Waals surface area (Å²) in [6.45, 7) is 1.75. The molecule has 6 heteroatoms. The zero-order valence-corrected chi connectivity index (χ0v) is 7.94. The van der Waals surface area contributed by atoms with Crippen LogP contribution in [0.3, 0.4) is 0 Å². The Labute approximate surface area is 81.3 Å². The van der Waals surface area contributed by atoms with E-state index in [4.69, 9.17) is 0 Å². The van der Waals surface area contributed by atoms with Crippen molar-refractivity contribution in [1.82, 2.24) is 25.1 Å². The van der Waals surface area contributed by atoms with E-state index in [-0.39, 0.29) is 0 Å². The van der Waals surface area contributed by atoms with Crippen molar-refractivity contribution < 1.29 is 0 Å². The first kappa shape index (κ1) is 8.89. The van der Waals surface area contributed by atoms with E-state index >= 15 is 0 Å². The van der Waals surface area contributed by atoms with Crippen molar-refractivity contribution in [3.63, 3.8) is 0 Å². The molecule has 6 nitrogen and oxygen atoms in total. The number of hydrogen-bond acceptors (Lipinski definition) is 5. The predicted octanol–water partition coefficient (Wildman–Crippen LogP) is -0.244. The quantitative estimate of drug-likeness (QED) is 0.654. The second-order valence-electron chi connectivity index (χ2n) is 2.88. The molecule has 0 spiro atoms. The third-order valence-electron chi connectivity index (χ3n) is 1.84. The average Bonchev–Trinajstić information content (AvgIpc) is 2.65. The van der Waals surface area contributed by atoms with Crippen molar-refractivity contribution in [2.24, 2.45) is 0 Å². The number of nitrogens with zero attached hydrogens (tertiary/aromatic N) is 4. The van der Waals surface area contributed by atoms with E-state index in [0.29, 0.717) is 0 Å². The Morgan fingerprint density at radius 3 is 3.14 bits per heavy atom. The smallest absolute Gasteiger partial charge is 0.177 e. The maximum absolute atomic E-state index is 4.26. The SMILES string of the molecule is CNCCNc1ccc2nncn2n1. The highest BCUT2D eigenvalue weighted by Gasteiger charge is 1.97. The fourth-order valence-electron chi connectivity index (χ4n) is 1.14. The summed E-state index contributed by atoms with van der Waals surface area (Å²) < 4.78 is 1.64. The summed E-state index contributed by atoms with van der Waals surface area (Å²) in [5.41, 5.74) is 0.754. The zero-order valence-electron chi connectivity index (χ0n) is 7.94. The molecule has 0 fully saturated rings. The van der Waals surface area contributed by atoms with Crippen LogP contribution in [0.2, 0.25) is 0 Å². The Morgan fingerprint density at radius 1 is 1.36 bits per heavy atom. The standard InChI is InChI=1S/C8H12N6/c1-9-4-5-10-7-2-3-8-12-11-6-14(8)13-7/h2-3,6,9H,4-5H2,1H3,(H,10,13). The molecule has 0 aliphatic carbocycles. The third-order valence-corrected chi connectivity index (χ3v) is 1.84. The summed E-state index contributed by atoms with van der Waals surface area (Å²) in [7, 11) is 1.91. The fourth-order valence-corrected chi connectivity index (χ4v) is 1.14. The van der Waals surface area contributed by atoms with E-state index in [2.05, 4.69) is 25.9 Å². The van der Waals surface area contributed by atoms with Crippen LogP contribution in [0.25, 0.3) is 5.65 Å². The lowest BCUT2D eigenvalue weighted by Gasteiger charge is -2.03. The molecule has 0 aliphatic heterocycles. The maximum Gasteiger partial charge on any atom is 0.177 e. The summed E-state index contributed by atoms with van der Waals surface area (Å²) in [5.74, 6) is 0.826. The number of rotatable bonds is 4. The Morgan fingerprint density at radius 2 is 2.29 bits per heavy atom. The molecule has 2 heterocycles. The van der Waals surface area contributed by atoms with Gasteiger partial charge in [0.1, 0.15) is 12.1 Å². The fraction of sp³-hybridized carbons (Fsp3) is 0.375. The molecule has 2 N–H and O–H groups in total. The van der Waals surface area contributed by atoms with Gasteiger partial charge in [-0.1, -0.05) is 0 Å². The first-order valence-corrected chi connectivity index (χ1v) is 4.46. The van der Waals surface area contributed by atoms with E-state index in [0.717, 1.165) is 24.6 Å². The van der Waals surface area contributed by atoms with E-state index < -0.39 is 0 Å². The first-order valence-electron chi connectivity index (χ1n) is 4.46. The number of aromatic nitrogens is 4. The van der Waals surface area contributed by atoms with E-state index in [1.165, 1.54) is 0 Å². The van der Waals surface area contributed by atoms with Gasteiger partial charge in [-0.05, 0) is 19.2 Å². The molecule has 0 radical (unpaired) electrons. The second kappa shape index (κ2) is 4.01. The topological polar surface area (TPSA) is 67.1 Å². The van der Waals surface area contributed by atoms with Crippen LogP contribution in [0.15, 0.2) is 18.5 Å². The minimum absolute atomic E-state index is 0.754. The van der Waals surface area contributed by atoms with Gasteiger partial charge in [0.2, 0.25) is 0 Å². The molecule has 2 aromatic rings. The Balaban J connectivity index is 2.10. The van der Waals surface area contributed by atoms with Gasteiger partial charge in [0, 0.05) is 13.1 Å². The average molecular weight is 192 g/mol. The van der Waals surface area contributed by atoms with Gasteiger partial charge in [0.25, 0.3) is 0 Å². The third kappa shape index (κ3) is 1.80. The van der Waals surface area contributed by atoms with Crippen LogP contribution >= 0.6 is 0 Å². The summed E-state index contributed by atoms with van der Waals surface area (Å²) in [6.07, 6.45) is 1.58. The number of hydrogen-bond donors (Lipinski definition) is 2. The van der Waals surface area contributed by atoms with E-state index in [1.807, 2.05) is 19.2 Å².